The predicted molar refractivity (Wildman–Crippen MR) is 69.8 cm³/mol. The molecular weight excluding hydrogens is 212 g/mol. The van der Waals surface area contributed by atoms with Crippen LogP contribution in [0.15, 0.2) is 0 Å². The molecule has 0 radical (unpaired) electrons. The molecule has 1 N–H and O–H groups in total. The van der Waals surface area contributed by atoms with Gasteiger partial charge in [-0.25, -0.2) is 0 Å². The zero-order chi connectivity index (χ0) is 12.3. The highest BCUT2D eigenvalue weighted by molar-refractivity contribution is 5.73. The molecule has 2 rings (SSSR count). The summed E-state index contributed by atoms with van der Waals surface area (Å²) in [7, 11) is 0. The molecule has 1 heterocycles. The number of rotatable bonds is 3. The Bertz CT molecular complexity index is 253. The number of amides is 1. The van der Waals surface area contributed by atoms with Crippen LogP contribution in [0.3, 0.4) is 0 Å². The molecule has 0 aromatic carbocycles. The van der Waals surface area contributed by atoms with E-state index in [1.54, 1.807) is 6.92 Å². The van der Waals surface area contributed by atoms with Gasteiger partial charge in [-0.1, -0.05) is 12.8 Å². The Balaban J connectivity index is 1.72. The van der Waals surface area contributed by atoms with Crippen molar-refractivity contribution in [2.75, 3.05) is 13.1 Å². The SMILES string of the molecule is CC(=O)N1CCC(N[C@@H](C)C2CCCC2)CC1. The molecule has 0 unspecified atom stereocenters. The van der Waals surface area contributed by atoms with E-state index < -0.39 is 0 Å². The molecule has 0 bridgehead atoms. The number of nitrogens with one attached hydrogen (secondary N) is 1. The quantitative estimate of drug-likeness (QED) is 0.817. The van der Waals surface area contributed by atoms with E-state index in [1.807, 2.05) is 4.90 Å². The molecule has 1 atom stereocenters. The van der Waals surface area contributed by atoms with Crippen LogP contribution < -0.4 is 5.32 Å². The molecule has 3 heteroatoms. The molecule has 2 fully saturated rings. The molecule has 98 valence electrons. The van der Waals surface area contributed by atoms with Gasteiger partial charge in [0.05, 0.1) is 0 Å². The van der Waals surface area contributed by atoms with Crippen molar-refractivity contribution in [1.29, 1.82) is 0 Å². The molecule has 3 nitrogen and oxygen atoms in total. The summed E-state index contributed by atoms with van der Waals surface area (Å²) >= 11 is 0. The van der Waals surface area contributed by atoms with Gasteiger partial charge in [0.2, 0.25) is 5.91 Å². The van der Waals surface area contributed by atoms with Crippen molar-refractivity contribution < 1.29 is 4.79 Å². The van der Waals surface area contributed by atoms with Gasteiger partial charge in [-0.3, -0.25) is 4.79 Å². The van der Waals surface area contributed by atoms with E-state index >= 15 is 0 Å². The van der Waals surface area contributed by atoms with Crippen molar-refractivity contribution in [3.05, 3.63) is 0 Å². The average molecular weight is 238 g/mol. The number of hydrogen-bond donors (Lipinski definition) is 1. The second kappa shape index (κ2) is 5.85. The number of carbonyl (C=O) groups excluding carboxylic acids is 1. The summed E-state index contributed by atoms with van der Waals surface area (Å²) in [5, 5.41) is 3.78. The lowest BCUT2D eigenvalue weighted by Gasteiger charge is -2.34. The molecular formula is C14H26N2O. The van der Waals surface area contributed by atoms with E-state index in [0.717, 1.165) is 31.8 Å². The second-order valence-corrected chi connectivity index (χ2v) is 5.78. The molecule has 0 spiro atoms. The first-order chi connectivity index (χ1) is 8.16. The molecule has 1 aliphatic heterocycles. The van der Waals surface area contributed by atoms with Gasteiger partial charge in [0.1, 0.15) is 0 Å². The summed E-state index contributed by atoms with van der Waals surface area (Å²) in [5.74, 6) is 1.12. The third kappa shape index (κ3) is 3.44. The average Bonchev–Trinajstić information content (AvgIpc) is 2.83. The second-order valence-electron chi connectivity index (χ2n) is 5.78. The molecule has 0 aromatic rings. The third-order valence-corrected chi connectivity index (χ3v) is 4.55. The normalized spacial score (nSPS) is 25.2. The van der Waals surface area contributed by atoms with Gasteiger partial charge in [0.15, 0.2) is 0 Å². The predicted octanol–water partition coefficient (Wildman–Crippen LogP) is 2.17. The standard InChI is InChI=1S/C14H26N2O/c1-11(13-5-3-4-6-13)15-14-7-9-16(10-8-14)12(2)17/h11,13-15H,3-10H2,1-2H3/t11-/m0/s1. The van der Waals surface area contributed by atoms with Crippen LogP contribution in [0.4, 0.5) is 0 Å². The van der Waals surface area contributed by atoms with Gasteiger partial charge in [-0.2, -0.15) is 0 Å². The van der Waals surface area contributed by atoms with Crippen LogP contribution in [0.5, 0.6) is 0 Å². The van der Waals surface area contributed by atoms with Crippen LogP contribution in [-0.2, 0) is 4.79 Å². The van der Waals surface area contributed by atoms with E-state index in [4.69, 9.17) is 0 Å². The number of carbonyl (C=O) groups is 1. The van der Waals surface area contributed by atoms with Crippen molar-refractivity contribution in [3.8, 4) is 0 Å². The molecule has 1 aliphatic carbocycles. The first-order valence-electron chi connectivity index (χ1n) is 7.18. The van der Waals surface area contributed by atoms with E-state index in [1.165, 1.54) is 25.7 Å². The minimum absolute atomic E-state index is 0.229. The Hall–Kier alpha value is -0.570. The van der Waals surface area contributed by atoms with Gasteiger partial charge in [-0.15, -0.1) is 0 Å². The van der Waals surface area contributed by atoms with Gasteiger partial charge in [0, 0.05) is 32.1 Å². The van der Waals surface area contributed by atoms with E-state index in [2.05, 4.69) is 12.2 Å². The molecule has 1 saturated heterocycles. The number of nitrogens with zero attached hydrogens (tertiary/aromatic N) is 1. The summed E-state index contributed by atoms with van der Waals surface area (Å²) in [5.41, 5.74) is 0. The zero-order valence-corrected chi connectivity index (χ0v) is 11.2. The highest BCUT2D eigenvalue weighted by atomic mass is 16.2. The fraction of sp³-hybridized carbons (Fsp3) is 0.929. The first-order valence-corrected chi connectivity index (χ1v) is 7.18. The first kappa shape index (κ1) is 12.9. The maximum atomic E-state index is 11.2. The summed E-state index contributed by atoms with van der Waals surface area (Å²) in [6.07, 6.45) is 7.88. The summed E-state index contributed by atoms with van der Waals surface area (Å²) in [6.45, 7) is 5.89. The largest absolute Gasteiger partial charge is 0.343 e. The Labute approximate surface area is 105 Å². The van der Waals surface area contributed by atoms with Crippen LogP contribution in [-0.4, -0.2) is 36.0 Å². The highest BCUT2D eigenvalue weighted by Crippen LogP contribution is 2.28. The van der Waals surface area contributed by atoms with Crippen molar-refractivity contribution >= 4 is 5.91 Å². The summed E-state index contributed by atoms with van der Waals surface area (Å²) < 4.78 is 0. The van der Waals surface area contributed by atoms with Crippen LogP contribution >= 0.6 is 0 Å². The lowest BCUT2D eigenvalue weighted by atomic mass is 9.96. The fourth-order valence-electron chi connectivity index (χ4n) is 3.33. The highest BCUT2D eigenvalue weighted by Gasteiger charge is 2.26. The van der Waals surface area contributed by atoms with E-state index in [9.17, 15) is 4.79 Å². The smallest absolute Gasteiger partial charge is 0.219 e. The summed E-state index contributed by atoms with van der Waals surface area (Å²) in [6, 6.07) is 1.28. The van der Waals surface area contributed by atoms with Crippen molar-refractivity contribution in [3.63, 3.8) is 0 Å². The maximum absolute atomic E-state index is 11.2. The lowest BCUT2D eigenvalue weighted by Crippen LogP contribution is -2.48. The minimum atomic E-state index is 0.229. The molecule has 1 saturated carbocycles. The van der Waals surface area contributed by atoms with Gasteiger partial charge >= 0.3 is 0 Å². The van der Waals surface area contributed by atoms with E-state index in [0.29, 0.717) is 12.1 Å². The van der Waals surface area contributed by atoms with Crippen LogP contribution in [0, 0.1) is 5.92 Å². The summed E-state index contributed by atoms with van der Waals surface area (Å²) in [4.78, 5) is 13.2. The maximum Gasteiger partial charge on any atom is 0.219 e. The Morgan fingerprint density at radius 3 is 2.29 bits per heavy atom. The number of piperidine rings is 1. The van der Waals surface area contributed by atoms with Crippen LogP contribution in [0.25, 0.3) is 0 Å². The zero-order valence-electron chi connectivity index (χ0n) is 11.2. The number of hydrogen-bond acceptors (Lipinski definition) is 2. The van der Waals surface area contributed by atoms with Gasteiger partial charge < -0.3 is 10.2 Å². The van der Waals surface area contributed by atoms with Crippen molar-refractivity contribution in [1.82, 2.24) is 10.2 Å². The molecule has 17 heavy (non-hydrogen) atoms. The van der Waals surface area contributed by atoms with Crippen LogP contribution in [0.1, 0.15) is 52.4 Å². The Morgan fingerprint density at radius 1 is 1.18 bits per heavy atom. The molecule has 2 aliphatic rings. The molecule has 0 aromatic heterocycles. The van der Waals surface area contributed by atoms with Crippen LogP contribution in [0.2, 0.25) is 0 Å². The number of likely N-dealkylation sites (tertiary alicyclic amines) is 1. The molecule has 1 amide bonds. The van der Waals surface area contributed by atoms with Gasteiger partial charge in [-0.05, 0) is 38.5 Å². The Kier molecular flexibility index (Phi) is 4.43. The van der Waals surface area contributed by atoms with Crippen molar-refractivity contribution in [2.45, 2.75) is 64.5 Å². The minimum Gasteiger partial charge on any atom is -0.343 e. The Morgan fingerprint density at radius 2 is 1.76 bits per heavy atom. The fourth-order valence-corrected chi connectivity index (χ4v) is 3.33. The third-order valence-electron chi connectivity index (χ3n) is 4.55. The van der Waals surface area contributed by atoms with Gasteiger partial charge in [0.25, 0.3) is 0 Å². The van der Waals surface area contributed by atoms with Crippen molar-refractivity contribution in [2.24, 2.45) is 5.92 Å². The monoisotopic (exact) mass is 238 g/mol. The van der Waals surface area contributed by atoms with E-state index in [-0.39, 0.29) is 5.91 Å². The lowest BCUT2D eigenvalue weighted by molar-refractivity contribution is -0.129. The topological polar surface area (TPSA) is 32.3 Å².